The highest BCUT2D eigenvalue weighted by Gasteiger charge is 2.50. The molecule has 25 heavy (non-hydrogen) atoms. The number of carbonyl (C=O) groups excluding carboxylic acids is 3. The lowest BCUT2D eigenvalue weighted by molar-refractivity contribution is -0.130. The van der Waals surface area contributed by atoms with Gasteiger partial charge in [-0.1, -0.05) is 6.07 Å². The Labute approximate surface area is 142 Å². The summed E-state index contributed by atoms with van der Waals surface area (Å²) in [6, 6.07) is 5.17. The third-order valence-corrected chi connectivity index (χ3v) is 4.28. The molecule has 1 fully saturated rings. The van der Waals surface area contributed by atoms with Gasteiger partial charge in [-0.2, -0.15) is 0 Å². The molecule has 1 atom stereocenters. The van der Waals surface area contributed by atoms with Gasteiger partial charge in [0.2, 0.25) is 0 Å². The topological polar surface area (TPSA) is 71.4 Å². The van der Waals surface area contributed by atoms with Crippen LogP contribution in [0.15, 0.2) is 36.5 Å². The number of aromatic nitrogens is 1. The second kappa shape index (κ2) is 5.80. The summed E-state index contributed by atoms with van der Waals surface area (Å²) in [7, 11) is 1.66. The SMILES string of the molecule is Cn1cccc1C(=O)CN1C(=O)N[C@](C)(c2ccc(F)cc2F)C1=O. The van der Waals surface area contributed by atoms with Gasteiger partial charge in [-0.05, 0) is 25.1 Å². The van der Waals surface area contributed by atoms with Crippen molar-refractivity contribution in [3.63, 3.8) is 0 Å². The molecule has 0 saturated carbocycles. The van der Waals surface area contributed by atoms with Crippen LogP contribution < -0.4 is 5.32 Å². The summed E-state index contributed by atoms with van der Waals surface area (Å²) in [5, 5.41) is 2.39. The van der Waals surface area contributed by atoms with Crippen molar-refractivity contribution in [1.82, 2.24) is 14.8 Å². The first-order chi connectivity index (χ1) is 11.7. The number of nitrogens with one attached hydrogen (secondary N) is 1. The van der Waals surface area contributed by atoms with Gasteiger partial charge in [0.15, 0.2) is 5.78 Å². The standard InChI is InChI=1S/C17H15F2N3O3/c1-17(11-6-5-10(18)8-12(11)19)15(24)22(16(25)20-17)9-14(23)13-4-3-7-21(13)2/h3-8H,9H2,1-2H3,(H,20,25)/t17-/m1/s1. The summed E-state index contributed by atoms with van der Waals surface area (Å²) in [5.74, 6) is -2.95. The predicted molar refractivity (Wildman–Crippen MR) is 83.7 cm³/mol. The summed E-state index contributed by atoms with van der Waals surface area (Å²) in [6.07, 6.45) is 1.66. The van der Waals surface area contributed by atoms with Crippen LogP contribution in [0.1, 0.15) is 23.0 Å². The number of Topliss-reactive ketones (excluding diaryl/α,β-unsaturated/α-hetero) is 1. The Morgan fingerprint density at radius 3 is 2.56 bits per heavy atom. The van der Waals surface area contributed by atoms with Gasteiger partial charge in [0, 0.05) is 24.9 Å². The average Bonchev–Trinajstić information content (AvgIpc) is 3.05. The molecule has 1 aliphatic rings. The van der Waals surface area contributed by atoms with Gasteiger partial charge < -0.3 is 9.88 Å². The molecule has 1 N–H and O–H groups in total. The molecule has 0 aliphatic carbocycles. The molecule has 1 aromatic carbocycles. The fraction of sp³-hybridized carbons (Fsp3) is 0.235. The lowest BCUT2D eigenvalue weighted by atomic mass is 9.91. The largest absolute Gasteiger partial charge is 0.348 e. The van der Waals surface area contributed by atoms with Crippen molar-refractivity contribution in [2.75, 3.05) is 6.54 Å². The zero-order valence-corrected chi connectivity index (χ0v) is 13.5. The second-order valence-electron chi connectivity index (χ2n) is 6.00. The molecule has 2 aromatic rings. The van der Waals surface area contributed by atoms with E-state index in [4.69, 9.17) is 0 Å². The molecule has 8 heteroatoms. The number of hydrogen-bond acceptors (Lipinski definition) is 3. The highest BCUT2D eigenvalue weighted by molar-refractivity contribution is 6.11. The van der Waals surface area contributed by atoms with Crippen molar-refractivity contribution in [2.45, 2.75) is 12.5 Å². The summed E-state index contributed by atoms with van der Waals surface area (Å²) in [4.78, 5) is 37.9. The smallest absolute Gasteiger partial charge is 0.325 e. The van der Waals surface area contributed by atoms with Crippen LogP contribution in [-0.2, 0) is 17.4 Å². The van der Waals surface area contributed by atoms with E-state index in [0.29, 0.717) is 11.8 Å². The maximum Gasteiger partial charge on any atom is 0.325 e. The van der Waals surface area contributed by atoms with E-state index >= 15 is 0 Å². The van der Waals surface area contributed by atoms with Crippen LogP contribution in [0, 0.1) is 11.6 Å². The maximum atomic E-state index is 14.1. The molecule has 0 bridgehead atoms. The summed E-state index contributed by atoms with van der Waals surface area (Å²) < 4.78 is 28.8. The number of halogens is 2. The van der Waals surface area contributed by atoms with Crippen LogP contribution in [0.25, 0.3) is 0 Å². The molecular formula is C17H15F2N3O3. The molecule has 1 aliphatic heterocycles. The fourth-order valence-corrected chi connectivity index (χ4v) is 2.89. The van der Waals surface area contributed by atoms with Crippen molar-refractivity contribution in [3.8, 4) is 0 Å². The molecule has 6 nitrogen and oxygen atoms in total. The van der Waals surface area contributed by atoms with Crippen molar-refractivity contribution < 1.29 is 23.2 Å². The Balaban J connectivity index is 1.89. The van der Waals surface area contributed by atoms with Gasteiger partial charge in [0.1, 0.15) is 17.2 Å². The van der Waals surface area contributed by atoms with E-state index in [2.05, 4.69) is 5.32 Å². The number of urea groups is 1. The molecule has 2 heterocycles. The number of benzene rings is 1. The van der Waals surface area contributed by atoms with Crippen molar-refractivity contribution >= 4 is 17.7 Å². The minimum atomic E-state index is -1.71. The van der Waals surface area contributed by atoms with Crippen LogP contribution in [0.2, 0.25) is 0 Å². The van der Waals surface area contributed by atoms with Gasteiger partial charge in [-0.3, -0.25) is 14.5 Å². The van der Waals surface area contributed by atoms with Gasteiger partial charge >= 0.3 is 6.03 Å². The lowest BCUT2D eigenvalue weighted by Crippen LogP contribution is -2.42. The number of nitrogens with zero attached hydrogens (tertiary/aromatic N) is 2. The first-order valence-corrected chi connectivity index (χ1v) is 7.48. The fourth-order valence-electron chi connectivity index (χ4n) is 2.89. The summed E-state index contributed by atoms with van der Waals surface area (Å²) in [5.41, 5.74) is -1.54. The van der Waals surface area contributed by atoms with Crippen molar-refractivity contribution in [2.24, 2.45) is 7.05 Å². The first kappa shape index (κ1) is 16.8. The number of ketones is 1. The van der Waals surface area contributed by atoms with E-state index in [0.717, 1.165) is 17.0 Å². The lowest BCUT2D eigenvalue weighted by Gasteiger charge is -2.22. The Bertz CT molecular complexity index is 893. The molecule has 0 unspecified atom stereocenters. The molecule has 1 saturated heterocycles. The van der Waals surface area contributed by atoms with Crippen molar-refractivity contribution in [1.29, 1.82) is 0 Å². The van der Waals surface area contributed by atoms with Crippen LogP contribution >= 0.6 is 0 Å². The zero-order valence-electron chi connectivity index (χ0n) is 13.5. The van der Waals surface area contributed by atoms with Crippen LogP contribution in [0.3, 0.4) is 0 Å². The van der Waals surface area contributed by atoms with E-state index in [1.165, 1.54) is 6.92 Å². The molecule has 0 spiro atoms. The summed E-state index contributed by atoms with van der Waals surface area (Å²) in [6.45, 7) is 0.845. The number of hydrogen-bond donors (Lipinski definition) is 1. The maximum absolute atomic E-state index is 14.1. The number of imide groups is 1. The van der Waals surface area contributed by atoms with Crippen LogP contribution in [0.4, 0.5) is 13.6 Å². The summed E-state index contributed by atoms with van der Waals surface area (Å²) >= 11 is 0. The molecule has 1 aromatic heterocycles. The quantitative estimate of drug-likeness (QED) is 0.679. The average molecular weight is 347 g/mol. The Kier molecular flexibility index (Phi) is 3.90. The van der Waals surface area contributed by atoms with E-state index < -0.39 is 41.4 Å². The molecule has 0 radical (unpaired) electrons. The molecule has 3 amide bonds. The van der Waals surface area contributed by atoms with E-state index in [1.807, 2.05) is 0 Å². The van der Waals surface area contributed by atoms with Gasteiger partial charge in [0.05, 0.1) is 12.2 Å². The van der Waals surface area contributed by atoms with Gasteiger partial charge in [-0.25, -0.2) is 13.6 Å². The van der Waals surface area contributed by atoms with Gasteiger partial charge in [0.25, 0.3) is 5.91 Å². The van der Waals surface area contributed by atoms with Gasteiger partial charge in [-0.15, -0.1) is 0 Å². The highest BCUT2D eigenvalue weighted by atomic mass is 19.1. The van der Waals surface area contributed by atoms with E-state index in [-0.39, 0.29) is 5.56 Å². The molecule has 3 rings (SSSR count). The number of rotatable bonds is 4. The van der Waals surface area contributed by atoms with E-state index in [9.17, 15) is 23.2 Å². The third-order valence-electron chi connectivity index (χ3n) is 4.28. The second-order valence-corrected chi connectivity index (χ2v) is 6.00. The monoisotopic (exact) mass is 347 g/mol. The number of amides is 3. The van der Waals surface area contributed by atoms with Crippen molar-refractivity contribution in [3.05, 3.63) is 59.4 Å². The van der Waals surface area contributed by atoms with Crippen LogP contribution in [0.5, 0.6) is 0 Å². The Hall–Kier alpha value is -3.03. The number of aryl methyl sites for hydroxylation is 1. The van der Waals surface area contributed by atoms with Crippen LogP contribution in [-0.4, -0.2) is 33.7 Å². The molecule has 130 valence electrons. The zero-order chi connectivity index (χ0) is 18.4. The predicted octanol–water partition coefficient (Wildman–Crippen LogP) is 1.95. The molecular weight excluding hydrogens is 332 g/mol. The third kappa shape index (κ3) is 2.69. The Morgan fingerprint density at radius 1 is 1.24 bits per heavy atom. The van der Waals surface area contributed by atoms with E-state index in [1.54, 1.807) is 29.9 Å². The Morgan fingerprint density at radius 2 is 1.96 bits per heavy atom. The minimum absolute atomic E-state index is 0.166. The normalized spacial score (nSPS) is 20.1. The minimum Gasteiger partial charge on any atom is -0.348 e. The number of carbonyl (C=O) groups is 3. The first-order valence-electron chi connectivity index (χ1n) is 7.48. The highest BCUT2D eigenvalue weighted by Crippen LogP contribution is 2.31.